The lowest BCUT2D eigenvalue weighted by Crippen LogP contribution is -2.42. The fraction of sp³-hybridized carbons (Fsp3) is 0.419. The van der Waals surface area contributed by atoms with Crippen molar-refractivity contribution >= 4 is 8.80 Å². The zero-order chi connectivity index (χ0) is 27.9. The van der Waals surface area contributed by atoms with Crippen molar-refractivity contribution in [2.45, 2.75) is 44.7 Å². The van der Waals surface area contributed by atoms with Gasteiger partial charge in [-0.1, -0.05) is 36.4 Å². The van der Waals surface area contributed by atoms with E-state index in [4.69, 9.17) is 41.7 Å². The third kappa shape index (κ3) is 9.54. The van der Waals surface area contributed by atoms with E-state index in [1.54, 1.807) is 0 Å². The molecular weight excluding hydrogens is 544 g/mol. The highest BCUT2D eigenvalue weighted by atomic mass is 28.4. The van der Waals surface area contributed by atoms with Gasteiger partial charge >= 0.3 is 8.80 Å². The molecule has 3 aromatic carbocycles. The summed E-state index contributed by atoms with van der Waals surface area (Å²) >= 11 is 0. The molecule has 41 heavy (non-hydrogen) atoms. The standard InChI is InChI=1S/C31H36O9Si/c1-41(38-14-23-2-8-26(9-3-23)32-17-29-20-35-29,39-15-24-4-10-27(11-5-24)33-18-30-21-36-30)40-16-25-6-12-28(13-7-25)34-19-31-22-37-31/h2-13,29-31H,14-22H2,1H3. The molecule has 9 nitrogen and oxygen atoms in total. The average molecular weight is 581 g/mol. The van der Waals surface area contributed by atoms with Gasteiger partial charge in [-0.3, -0.25) is 0 Å². The second kappa shape index (κ2) is 13.3. The number of hydrogen-bond acceptors (Lipinski definition) is 9. The Kier molecular flexibility index (Phi) is 9.17. The first-order valence-electron chi connectivity index (χ1n) is 14.0. The van der Waals surface area contributed by atoms with E-state index in [1.807, 2.05) is 79.3 Å². The normalized spacial score (nSPS) is 22.0. The van der Waals surface area contributed by atoms with Crippen molar-refractivity contribution in [2.75, 3.05) is 39.6 Å². The molecule has 3 unspecified atom stereocenters. The molecule has 10 heteroatoms. The third-order valence-corrected chi connectivity index (χ3v) is 8.79. The highest BCUT2D eigenvalue weighted by Gasteiger charge is 2.35. The van der Waals surface area contributed by atoms with Gasteiger partial charge in [-0.2, -0.15) is 0 Å². The van der Waals surface area contributed by atoms with E-state index in [9.17, 15) is 0 Å². The molecule has 0 N–H and O–H groups in total. The van der Waals surface area contributed by atoms with E-state index in [0.717, 1.165) is 53.8 Å². The van der Waals surface area contributed by atoms with Gasteiger partial charge < -0.3 is 41.7 Å². The second-order valence-corrected chi connectivity index (χ2v) is 13.1. The van der Waals surface area contributed by atoms with Crippen molar-refractivity contribution in [1.29, 1.82) is 0 Å². The molecule has 0 aliphatic carbocycles. The maximum atomic E-state index is 6.35. The van der Waals surface area contributed by atoms with Gasteiger partial charge in [-0.15, -0.1) is 0 Å². The third-order valence-electron chi connectivity index (χ3n) is 6.79. The van der Waals surface area contributed by atoms with E-state index in [2.05, 4.69) is 0 Å². The van der Waals surface area contributed by atoms with Gasteiger partial charge in [-0.25, -0.2) is 0 Å². The second-order valence-electron chi connectivity index (χ2n) is 10.5. The molecule has 3 aliphatic heterocycles. The molecule has 3 aliphatic rings. The zero-order valence-electron chi connectivity index (χ0n) is 23.2. The van der Waals surface area contributed by atoms with Crippen LogP contribution in [0.3, 0.4) is 0 Å². The van der Waals surface area contributed by atoms with Crippen LogP contribution in [0.25, 0.3) is 0 Å². The molecule has 3 atom stereocenters. The van der Waals surface area contributed by atoms with Crippen LogP contribution < -0.4 is 14.2 Å². The summed E-state index contributed by atoms with van der Waals surface area (Å²) in [6.45, 7) is 7.07. The Labute approximate surface area is 241 Å². The lowest BCUT2D eigenvalue weighted by molar-refractivity contribution is 0.0491. The summed E-state index contributed by atoms with van der Waals surface area (Å²) in [4.78, 5) is 0. The Morgan fingerprint density at radius 2 is 0.780 bits per heavy atom. The molecule has 3 heterocycles. The minimum Gasteiger partial charge on any atom is -0.491 e. The van der Waals surface area contributed by atoms with Crippen molar-refractivity contribution in [2.24, 2.45) is 0 Å². The minimum absolute atomic E-state index is 0.223. The first-order valence-corrected chi connectivity index (χ1v) is 16.2. The Hall–Kier alpha value is -2.96. The number of benzene rings is 3. The summed E-state index contributed by atoms with van der Waals surface area (Å²) in [5, 5.41) is 0. The zero-order valence-corrected chi connectivity index (χ0v) is 24.2. The number of hydrogen-bond donors (Lipinski definition) is 0. The van der Waals surface area contributed by atoms with Crippen LogP contribution in [0.4, 0.5) is 0 Å². The molecule has 3 aromatic rings. The minimum atomic E-state index is -3.05. The van der Waals surface area contributed by atoms with E-state index in [-0.39, 0.29) is 18.3 Å². The van der Waals surface area contributed by atoms with Gasteiger partial charge in [0.2, 0.25) is 0 Å². The molecule has 0 amide bonds. The van der Waals surface area contributed by atoms with Crippen molar-refractivity contribution in [3.63, 3.8) is 0 Å². The van der Waals surface area contributed by atoms with E-state index in [0.29, 0.717) is 39.6 Å². The fourth-order valence-electron chi connectivity index (χ4n) is 3.87. The number of rotatable bonds is 18. The van der Waals surface area contributed by atoms with Gasteiger partial charge in [0.25, 0.3) is 0 Å². The van der Waals surface area contributed by atoms with Crippen LogP contribution in [0.2, 0.25) is 6.55 Å². The Morgan fingerprint density at radius 3 is 1.02 bits per heavy atom. The highest BCUT2D eigenvalue weighted by molar-refractivity contribution is 6.59. The molecule has 0 aromatic heterocycles. The van der Waals surface area contributed by atoms with Crippen molar-refractivity contribution < 1.29 is 41.7 Å². The Balaban J connectivity index is 1.04. The van der Waals surface area contributed by atoms with Crippen molar-refractivity contribution in [3.05, 3.63) is 89.5 Å². The Bertz CT molecular complexity index is 1070. The van der Waals surface area contributed by atoms with Crippen LogP contribution in [0.15, 0.2) is 72.8 Å². The van der Waals surface area contributed by atoms with Crippen LogP contribution in [0.1, 0.15) is 16.7 Å². The van der Waals surface area contributed by atoms with E-state index >= 15 is 0 Å². The first-order chi connectivity index (χ1) is 20.1. The van der Waals surface area contributed by atoms with Crippen molar-refractivity contribution in [3.8, 4) is 17.2 Å². The Morgan fingerprint density at radius 1 is 0.512 bits per heavy atom. The van der Waals surface area contributed by atoms with Crippen LogP contribution in [0.5, 0.6) is 17.2 Å². The summed E-state index contributed by atoms with van der Waals surface area (Å²) in [5.74, 6) is 2.43. The summed E-state index contributed by atoms with van der Waals surface area (Å²) in [6.07, 6.45) is 0.670. The van der Waals surface area contributed by atoms with Gasteiger partial charge in [0.15, 0.2) is 0 Å². The van der Waals surface area contributed by atoms with E-state index in [1.165, 1.54) is 0 Å². The average Bonchev–Trinajstić information content (AvgIpc) is 3.86. The number of epoxide rings is 3. The molecule has 218 valence electrons. The van der Waals surface area contributed by atoms with Crippen LogP contribution in [-0.4, -0.2) is 66.8 Å². The SMILES string of the molecule is C[Si](OCc1ccc(OCC2CO2)cc1)(OCc1ccc(OCC2CO2)cc1)OCc1ccc(OCC2CO2)cc1. The topological polar surface area (TPSA) is 93.0 Å². The molecule has 0 saturated carbocycles. The summed E-state index contributed by atoms with van der Waals surface area (Å²) < 4.78 is 51.9. The largest absolute Gasteiger partial charge is 0.498 e. The van der Waals surface area contributed by atoms with Crippen LogP contribution in [0, 0.1) is 0 Å². The molecule has 3 saturated heterocycles. The maximum Gasteiger partial charge on any atom is 0.498 e. The van der Waals surface area contributed by atoms with Crippen molar-refractivity contribution in [1.82, 2.24) is 0 Å². The molecule has 0 bridgehead atoms. The van der Waals surface area contributed by atoms with Gasteiger partial charge in [0.05, 0.1) is 39.6 Å². The van der Waals surface area contributed by atoms with Crippen LogP contribution in [-0.2, 0) is 47.3 Å². The fourth-order valence-corrected chi connectivity index (χ4v) is 5.41. The number of ether oxygens (including phenoxy) is 6. The summed E-state index contributed by atoms with van der Waals surface area (Å²) in [7, 11) is -3.05. The van der Waals surface area contributed by atoms with Gasteiger partial charge in [0, 0.05) is 6.55 Å². The van der Waals surface area contributed by atoms with Gasteiger partial charge in [-0.05, 0) is 53.1 Å². The smallest absolute Gasteiger partial charge is 0.491 e. The monoisotopic (exact) mass is 580 g/mol. The predicted molar refractivity (Wildman–Crippen MR) is 151 cm³/mol. The van der Waals surface area contributed by atoms with Crippen LogP contribution >= 0.6 is 0 Å². The lowest BCUT2D eigenvalue weighted by Gasteiger charge is -2.26. The van der Waals surface area contributed by atoms with Gasteiger partial charge in [0.1, 0.15) is 55.4 Å². The summed E-state index contributed by atoms with van der Waals surface area (Å²) in [5.41, 5.74) is 3.02. The quantitative estimate of drug-likeness (QED) is 0.159. The molecule has 0 spiro atoms. The predicted octanol–water partition coefficient (Wildman–Crippen LogP) is 4.54. The summed E-state index contributed by atoms with van der Waals surface area (Å²) in [6, 6.07) is 23.6. The highest BCUT2D eigenvalue weighted by Crippen LogP contribution is 2.23. The molecule has 6 rings (SSSR count). The maximum absolute atomic E-state index is 6.35. The van der Waals surface area contributed by atoms with E-state index < -0.39 is 8.80 Å². The first kappa shape index (κ1) is 28.2. The lowest BCUT2D eigenvalue weighted by atomic mass is 10.2. The molecule has 3 fully saturated rings. The molecule has 0 radical (unpaired) electrons. The molecular formula is C31H36O9Si.